The predicted molar refractivity (Wildman–Crippen MR) is 120 cm³/mol. The Morgan fingerprint density at radius 3 is 2.16 bits per heavy atom. The highest BCUT2D eigenvalue weighted by Crippen LogP contribution is 2.44. The van der Waals surface area contributed by atoms with Crippen LogP contribution >= 0.6 is 0 Å². The molecular formula is C23H19F7N6O. The van der Waals surface area contributed by atoms with Gasteiger partial charge < -0.3 is 16.3 Å². The Hall–Kier alpha value is -4.07. The highest BCUT2D eigenvalue weighted by molar-refractivity contribution is 5.63. The van der Waals surface area contributed by atoms with Gasteiger partial charge in [0.15, 0.2) is 12.9 Å². The Bertz CT molecular complexity index is 1260. The number of aromatic nitrogens is 1. The third-order valence-electron chi connectivity index (χ3n) is 5.17. The molecule has 0 saturated carbocycles. The van der Waals surface area contributed by atoms with E-state index in [1.165, 1.54) is 30.3 Å². The van der Waals surface area contributed by atoms with E-state index < -0.39 is 53.7 Å². The van der Waals surface area contributed by atoms with Crippen LogP contribution in [0.5, 0.6) is 5.75 Å². The first-order valence-electron chi connectivity index (χ1n) is 10.3. The summed E-state index contributed by atoms with van der Waals surface area (Å²) in [5, 5.41) is 9.87. The number of nitrogens with zero attached hydrogens (tertiary/aromatic N) is 4. The van der Waals surface area contributed by atoms with Gasteiger partial charge in [-0.05, 0) is 29.8 Å². The number of ether oxygens (including phenoxy) is 1. The normalized spacial score (nSPS) is 14.3. The van der Waals surface area contributed by atoms with Crippen molar-refractivity contribution >= 4 is 6.34 Å². The zero-order valence-electron chi connectivity index (χ0n) is 18.8. The molecule has 1 heterocycles. The van der Waals surface area contributed by atoms with Crippen molar-refractivity contribution < 1.29 is 35.5 Å². The van der Waals surface area contributed by atoms with Crippen LogP contribution in [0.1, 0.15) is 11.3 Å². The lowest BCUT2D eigenvalue weighted by molar-refractivity contribution is -0.153. The summed E-state index contributed by atoms with van der Waals surface area (Å²) < 4.78 is 101. The molecule has 37 heavy (non-hydrogen) atoms. The van der Waals surface area contributed by atoms with E-state index in [1.54, 1.807) is 0 Å². The van der Waals surface area contributed by atoms with Crippen molar-refractivity contribution in [1.29, 1.82) is 0 Å². The largest absolute Gasteiger partial charge is 0.484 e. The van der Waals surface area contributed by atoms with Gasteiger partial charge in [0.1, 0.15) is 28.6 Å². The van der Waals surface area contributed by atoms with Crippen LogP contribution in [0.15, 0.2) is 76.1 Å². The summed E-state index contributed by atoms with van der Waals surface area (Å²) in [5.74, 6) is -1.53. The quantitative estimate of drug-likeness (QED) is 0.0985. The number of alkyl halides is 5. The minimum atomic E-state index is -4.50. The number of hydrogen-bond acceptors (Lipinski definition) is 6. The summed E-state index contributed by atoms with van der Waals surface area (Å²) in [6, 6.07) is 9.57. The molecule has 0 spiro atoms. The summed E-state index contributed by atoms with van der Waals surface area (Å²) in [6.45, 7) is -2.41. The molecule has 0 aliphatic rings. The average molecular weight is 528 g/mol. The maximum atomic E-state index is 15.7. The molecule has 0 fully saturated rings. The van der Waals surface area contributed by atoms with Crippen molar-refractivity contribution in [3.8, 4) is 16.9 Å². The van der Waals surface area contributed by atoms with E-state index in [1.807, 2.05) is 0 Å². The molecule has 3 aromatic rings. The fourth-order valence-corrected chi connectivity index (χ4v) is 3.31. The fourth-order valence-electron chi connectivity index (χ4n) is 3.31. The van der Waals surface area contributed by atoms with Gasteiger partial charge in [-0.3, -0.25) is 4.98 Å². The lowest BCUT2D eigenvalue weighted by atomic mass is 9.82. The third-order valence-corrected chi connectivity index (χ3v) is 5.17. The lowest BCUT2D eigenvalue weighted by Gasteiger charge is -2.35. The van der Waals surface area contributed by atoms with E-state index >= 15 is 8.78 Å². The first-order chi connectivity index (χ1) is 17.4. The van der Waals surface area contributed by atoms with Gasteiger partial charge in [0.05, 0.1) is 6.54 Å². The fraction of sp³-hybridized carbons (Fsp3) is 0.217. The number of rotatable bonds is 9. The molecule has 0 bridgehead atoms. The second-order valence-electron chi connectivity index (χ2n) is 7.71. The number of nitrogens with two attached hydrogens (primary N) is 2. The molecule has 0 amide bonds. The van der Waals surface area contributed by atoms with Crippen molar-refractivity contribution in [1.82, 2.24) is 4.98 Å². The summed E-state index contributed by atoms with van der Waals surface area (Å²) in [6.07, 6.45) is -2.66. The number of azo groups is 1. The van der Waals surface area contributed by atoms with Crippen LogP contribution in [-0.4, -0.2) is 30.7 Å². The number of hydrogen-bond donors (Lipinski definition) is 2. The Morgan fingerprint density at radius 1 is 0.919 bits per heavy atom. The number of pyridine rings is 1. The van der Waals surface area contributed by atoms with Crippen molar-refractivity contribution in [2.24, 2.45) is 26.9 Å². The summed E-state index contributed by atoms with van der Waals surface area (Å²) >= 11 is 0. The molecule has 14 heteroatoms. The standard InChI is InChI=1S/C23H19F7N6O/c24-16-4-7-18(19(25)9-16)21(31,11-35-36-13-34-32)23(29,30)20-8-3-15(10-33-20)14-1-5-17(6-2-14)37-12-22(26,27)28/h1-10,13H,11-12,31-32H2/b34-13-,36-35?. The molecule has 2 aromatic carbocycles. The number of benzene rings is 2. The monoisotopic (exact) mass is 528 g/mol. The Kier molecular flexibility index (Phi) is 8.11. The van der Waals surface area contributed by atoms with Crippen LogP contribution in [0, 0.1) is 11.6 Å². The molecule has 196 valence electrons. The molecule has 4 N–H and O–H groups in total. The lowest BCUT2D eigenvalue weighted by Crippen LogP contribution is -2.54. The highest BCUT2D eigenvalue weighted by atomic mass is 19.4. The maximum Gasteiger partial charge on any atom is 0.422 e. The second-order valence-corrected chi connectivity index (χ2v) is 7.71. The minimum Gasteiger partial charge on any atom is -0.484 e. The first kappa shape index (κ1) is 27.5. The molecule has 3 rings (SSSR count). The molecule has 1 atom stereocenters. The van der Waals surface area contributed by atoms with E-state index in [4.69, 9.17) is 11.6 Å². The molecule has 0 aliphatic carbocycles. The Labute approximate surface area is 205 Å². The van der Waals surface area contributed by atoms with E-state index in [0.29, 0.717) is 17.2 Å². The summed E-state index contributed by atoms with van der Waals surface area (Å²) in [7, 11) is 0. The van der Waals surface area contributed by atoms with Gasteiger partial charge in [0.2, 0.25) is 0 Å². The van der Waals surface area contributed by atoms with E-state index in [9.17, 15) is 22.0 Å². The maximum absolute atomic E-state index is 15.7. The second kappa shape index (κ2) is 10.9. The van der Waals surface area contributed by atoms with E-state index in [0.717, 1.165) is 30.7 Å². The van der Waals surface area contributed by atoms with Gasteiger partial charge in [-0.2, -0.15) is 32.2 Å². The molecule has 0 aliphatic heterocycles. The van der Waals surface area contributed by atoms with Gasteiger partial charge in [-0.15, -0.1) is 5.11 Å². The van der Waals surface area contributed by atoms with Crippen molar-refractivity contribution in [3.05, 3.63) is 83.7 Å². The van der Waals surface area contributed by atoms with Gasteiger partial charge in [0, 0.05) is 23.4 Å². The van der Waals surface area contributed by atoms with Gasteiger partial charge >= 0.3 is 12.1 Å². The van der Waals surface area contributed by atoms with Crippen LogP contribution in [0.4, 0.5) is 30.7 Å². The third kappa shape index (κ3) is 6.39. The van der Waals surface area contributed by atoms with Gasteiger partial charge in [-0.25, -0.2) is 8.78 Å². The molecular weight excluding hydrogens is 509 g/mol. The van der Waals surface area contributed by atoms with Crippen molar-refractivity contribution in [2.75, 3.05) is 13.2 Å². The van der Waals surface area contributed by atoms with E-state index in [-0.39, 0.29) is 5.75 Å². The van der Waals surface area contributed by atoms with Gasteiger partial charge in [-0.1, -0.05) is 24.3 Å². The van der Waals surface area contributed by atoms with Crippen LogP contribution in [0.3, 0.4) is 0 Å². The number of halogens is 7. The SMILES string of the molecule is N/N=C\N=NCC(N)(c1ccc(F)cc1F)C(F)(F)c1ccc(-c2ccc(OCC(F)(F)F)cc2)cn1. The van der Waals surface area contributed by atoms with Crippen LogP contribution in [-0.2, 0) is 11.5 Å². The molecule has 0 saturated heterocycles. The smallest absolute Gasteiger partial charge is 0.422 e. The van der Waals surface area contributed by atoms with E-state index in [2.05, 4.69) is 25.1 Å². The topological polar surface area (TPSA) is 111 Å². The minimum absolute atomic E-state index is 0.0414. The predicted octanol–water partition coefficient (Wildman–Crippen LogP) is 5.27. The van der Waals surface area contributed by atoms with Crippen molar-refractivity contribution in [3.63, 3.8) is 0 Å². The summed E-state index contributed by atoms with van der Waals surface area (Å²) in [5.41, 5.74) is 2.37. The molecule has 1 unspecified atom stereocenters. The number of hydrazone groups is 1. The van der Waals surface area contributed by atoms with Gasteiger partial charge in [0.25, 0.3) is 0 Å². The molecule has 1 aromatic heterocycles. The van der Waals surface area contributed by atoms with Crippen LogP contribution < -0.4 is 16.3 Å². The summed E-state index contributed by atoms with van der Waals surface area (Å²) in [4.78, 5) is 3.78. The highest BCUT2D eigenvalue weighted by Gasteiger charge is 2.56. The Morgan fingerprint density at radius 2 is 1.59 bits per heavy atom. The molecule has 0 radical (unpaired) electrons. The van der Waals surface area contributed by atoms with Crippen molar-refractivity contribution in [2.45, 2.75) is 17.6 Å². The zero-order chi connectivity index (χ0) is 27.3. The first-order valence-corrected chi connectivity index (χ1v) is 10.3. The van der Waals surface area contributed by atoms with Crippen LogP contribution in [0.25, 0.3) is 11.1 Å². The Balaban J connectivity index is 1.92. The molecule has 7 nitrogen and oxygen atoms in total. The average Bonchev–Trinajstić information content (AvgIpc) is 2.85. The zero-order valence-corrected chi connectivity index (χ0v) is 18.8. The van der Waals surface area contributed by atoms with Crippen LogP contribution in [0.2, 0.25) is 0 Å².